The molecule has 0 aliphatic carbocycles. The van der Waals surface area contributed by atoms with Crippen LogP contribution in [-0.4, -0.2) is 27.7 Å². The van der Waals surface area contributed by atoms with Gasteiger partial charge >= 0.3 is 18.0 Å². The Hall–Kier alpha value is -3.05. The Morgan fingerprint density at radius 2 is 1.56 bits per heavy atom. The number of nitrogens with one attached hydrogen (secondary N) is 2. The second-order valence-electron chi connectivity index (χ2n) is 5.68. The van der Waals surface area contributed by atoms with Gasteiger partial charge in [0, 0.05) is 0 Å². The number of benzene rings is 1. The molecule has 0 amide bonds. The molecule has 2 N–H and O–H groups in total. The molecule has 6 nitrogen and oxygen atoms in total. The van der Waals surface area contributed by atoms with Gasteiger partial charge < -0.3 is 5.32 Å². The maximum Gasteiger partial charge on any atom is 0.427 e. The first-order chi connectivity index (χ1) is 12.4. The number of fused-ring (bicyclic) bond motifs is 1. The lowest BCUT2D eigenvalue weighted by Gasteiger charge is -2.38. The number of halogens is 6. The van der Waals surface area contributed by atoms with Crippen molar-refractivity contribution < 1.29 is 26.3 Å². The number of alkyl halides is 6. The molecular weight excluding hydrogens is 382 g/mol. The van der Waals surface area contributed by atoms with Crippen LogP contribution >= 0.6 is 0 Å². The van der Waals surface area contributed by atoms with E-state index in [1.807, 2.05) is 0 Å². The number of hydrogen-bond acceptors (Lipinski definition) is 4. The topological polar surface area (TPSA) is 79.2 Å². The van der Waals surface area contributed by atoms with Gasteiger partial charge in [0.05, 0.1) is 5.69 Å². The Kier molecular flexibility index (Phi) is 3.97. The van der Waals surface area contributed by atoms with E-state index < -0.39 is 46.4 Å². The molecule has 1 aromatic carbocycles. The number of hydrogen-bond donors (Lipinski definition) is 2. The highest BCUT2D eigenvalue weighted by Gasteiger charge is 2.75. The number of para-hydroxylation sites is 1. The summed E-state index contributed by atoms with van der Waals surface area (Å²) in [6, 6.07) is 6.94. The highest BCUT2D eigenvalue weighted by molar-refractivity contribution is 5.96. The maximum absolute atomic E-state index is 13.7. The van der Waals surface area contributed by atoms with E-state index in [2.05, 4.69) is 10.3 Å². The molecule has 0 saturated carbocycles. The summed E-state index contributed by atoms with van der Waals surface area (Å²) in [7, 11) is 0. The molecule has 144 valence electrons. The van der Waals surface area contributed by atoms with Crippen molar-refractivity contribution in [2.24, 2.45) is 4.99 Å². The van der Waals surface area contributed by atoms with Crippen molar-refractivity contribution in [2.45, 2.75) is 24.8 Å². The second-order valence-corrected chi connectivity index (χ2v) is 5.68. The highest BCUT2D eigenvalue weighted by Crippen LogP contribution is 2.55. The Morgan fingerprint density at radius 1 is 1.00 bits per heavy atom. The Morgan fingerprint density at radius 3 is 2.07 bits per heavy atom. The number of aromatic nitrogens is 2. The van der Waals surface area contributed by atoms with E-state index in [-0.39, 0.29) is 5.69 Å². The summed E-state index contributed by atoms with van der Waals surface area (Å²) >= 11 is 0. The van der Waals surface area contributed by atoms with Crippen LogP contribution in [0.4, 0.5) is 32.2 Å². The molecule has 3 rings (SSSR count). The molecule has 0 bridgehead atoms. The number of rotatable bonds is 1. The van der Waals surface area contributed by atoms with Crippen LogP contribution in [0.25, 0.3) is 5.69 Å². The lowest BCUT2D eigenvalue weighted by Crippen LogP contribution is -2.59. The molecule has 0 saturated heterocycles. The highest BCUT2D eigenvalue weighted by atomic mass is 19.4. The monoisotopic (exact) mass is 392 g/mol. The third kappa shape index (κ3) is 2.62. The first-order valence-electron chi connectivity index (χ1n) is 7.32. The predicted molar refractivity (Wildman–Crippen MR) is 83.2 cm³/mol. The number of aliphatic imine (C=N–C) groups is 1. The molecule has 0 atom stereocenters. The molecular formula is C15H10F6N4O2. The average molecular weight is 392 g/mol. The molecule has 0 spiro atoms. The van der Waals surface area contributed by atoms with Gasteiger partial charge in [-0.2, -0.15) is 26.3 Å². The summed E-state index contributed by atoms with van der Waals surface area (Å²) < 4.78 is 82.5. The van der Waals surface area contributed by atoms with Crippen molar-refractivity contribution >= 4 is 11.7 Å². The zero-order valence-electron chi connectivity index (χ0n) is 13.4. The Balaban J connectivity index is 2.53. The first-order valence-corrected chi connectivity index (χ1v) is 7.32. The van der Waals surface area contributed by atoms with E-state index in [0.29, 0.717) is 4.57 Å². The van der Waals surface area contributed by atoms with Gasteiger partial charge in [0.15, 0.2) is 0 Å². The normalized spacial score (nSPS) is 16.3. The predicted octanol–water partition coefficient (Wildman–Crippen LogP) is 2.69. The first kappa shape index (κ1) is 18.7. The quantitative estimate of drug-likeness (QED) is 0.733. The molecule has 0 radical (unpaired) electrons. The third-order valence-corrected chi connectivity index (χ3v) is 3.94. The summed E-state index contributed by atoms with van der Waals surface area (Å²) in [5.74, 6) is -1.70. The number of nitrogens with zero attached hydrogens (tertiary/aromatic N) is 2. The molecule has 1 aromatic heterocycles. The fourth-order valence-electron chi connectivity index (χ4n) is 2.89. The van der Waals surface area contributed by atoms with Crippen LogP contribution in [0.3, 0.4) is 0 Å². The standard InChI is InChI=1S/C15H10F6N4O2/c1-7-22-10-9(13(24-7,14(16,17)18)15(19,20)21)11(26)23-12(27)25(10)8-5-3-2-4-6-8/h2-6H,1H3,(H,22,24)(H,23,26,27). The molecule has 0 unspecified atom stereocenters. The zero-order valence-corrected chi connectivity index (χ0v) is 13.4. The molecule has 1 aliphatic heterocycles. The number of H-pyrrole nitrogens is 1. The van der Waals surface area contributed by atoms with E-state index in [4.69, 9.17) is 0 Å². The van der Waals surface area contributed by atoms with Crippen molar-refractivity contribution in [3.63, 3.8) is 0 Å². The molecule has 27 heavy (non-hydrogen) atoms. The SMILES string of the molecule is CC1=NC(C(F)(F)F)(C(F)(F)F)c2c(n(-c3ccccc3)c(=O)[nH]c2=O)N1. The molecule has 0 fully saturated rings. The summed E-state index contributed by atoms with van der Waals surface area (Å²) in [5.41, 5.74) is -9.65. The van der Waals surface area contributed by atoms with Crippen LogP contribution in [0.15, 0.2) is 44.9 Å². The van der Waals surface area contributed by atoms with Crippen LogP contribution in [0.1, 0.15) is 12.5 Å². The summed E-state index contributed by atoms with van der Waals surface area (Å²) in [6.45, 7) is 0.871. The van der Waals surface area contributed by atoms with Gasteiger partial charge in [0.1, 0.15) is 17.2 Å². The Labute approximate surface area is 146 Å². The van der Waals surface area contributed by atoms with Crippen molar-refractivity contribution in [3.05, 3.63) is 56.7 Å². The zero-order chi connectivity index (χ0) is 20.2. The molecule has 2 heterocycles. The van der Waals surface area contributed by atoms with Crippen LogP contribution in [0, 0.1) is 0 Å². The van der Waals surface area contributed by atoms with E-state index in [0.717, 1.165) is 6.92 Å². The summed E-state index contributed by atoms with van der Waals surface area (Å²) in [4.78, 5) is 28.6. The minimum Gasteiger partial charge on any atom is -0.329 e. The second kappa shape index (κ2) is 5.72. The summed E-state index contributed by atoms with van der Waals surface area (Å²) in [5, 5.41) is 2.20. The van der Waals surface area contributed by atoms with Crippen LogP contribution < -0.4 is 16.6 Å². The lowest BCUT2D eigenvalue weighted by molar-refractivity contribution is -0.301. The molecule has 1 aliphatic rings. The third-order valence-electron chi connectivity index (χ3n) is 3.94. The van der Waals surface area contributed by atoms with Gasteiger partial charge in [0.2, 0.25) is 0 Å². The van der Waals surface area contributed by atoms with E-state index >= 15 is 0 Å². The van der Waals surface area contributed by atoms with Crippen LogP contribution in [0.2, 0.25) is 0 Å². The van der Waals surface area contributed by atoms with Crippen molar-refractivity contribution in [1.82, 2.24) is 9.55 Å². The van der Waals surface area contributed by atoms with Gasteiger partial charge in [0.25, 0.3) is 11.1 Å². The van der Waals surface area contributed by atoms with Crippen molar-refractivity contribution in [3.8, 4) is 5.69 Å². The smallest absolute Gasteiger partial charge is 0.329 e. The number of anilines is 1. The number of amidine groups is 1. The minimum atomic E-state index is -5.99. The van der Waals surface area contributed by atoms with E-state index in [9.17, 15) is 35.9 Å². The minimum absolute atomic E-state index is 0.0459. The summed E-state index contributed by atoms with van der Waals surface area (Å²) in [6.07, 6.45) is -12.0. The van der Waals surface area contributed by atoms with Gasteiger partial charge in [-0.15, -0.1) is 0 Å². The number of aromatic amines is 1. The van der Waals surface area contributed by atoms with Crippen LogP contribution in [0.5, 0.6) is 0 Å². The lowest BCUT2D eigenvalue weighted by atomic mass is 9.88. The maximum atomic E-state index is 13.7. The fourth-order valence-corrected chi connectivity index (χ4v) is 2.89. The molecule has 12 heteroatoms. The van der Waals surface area contributed by atoms with Gasteiger partial charge in [-0.3, -0.25) is 9.78 Å². The fraction of sp³-hybridized carbons (Fsp3) is 0.267. The largest absolute Gasteiger partial charge is 0.427 e. The van der Waals surface area contributed by atoms with E-state index in [1.54, 1.807) is 0 Å². The van der Waals surface area contributed by atoms with Gasteiger partial charge in [-0.1, -0.05) is 18.2 Å². The van der Waals surface area contributed by atoms with Crippen molar-refractivity contribution in [2.75, 3.05) is 5.32 Å². The van der Waals surface area contributed by atoms with Crippen LogP contribution in [-0.2, 0) is 5.54 Å². The average Bonchev–Trinajstić information content (AvgIpc) is 2.52. The van der Waals surface area contributed by atoms with Crippen molar-refractivity contribution in [1.29, 1.82) is 0 Å². The van der Waals surface area contributed by atoms with E-state index in [1.165, 1.54) is 35.3 Å². The van der Waals surface area contributed by atoms with Gasteiger partial charge in [-0.05, 0) is 19.1 Å². The molecule has 2 aromatic rings. The Bertz CT molecular complexity index is 1020. The van der Waals surface area contributed by atoms with Gasteiger partial charge in [-0.25, -0.2) is 14.4 Å².